The van der Waals surface area contributed by atoms with E-state index in [4.69, 9.17) is 14.7 Å². The number of aromatic amines is 2. The Morgan fingerprint density at radius 1 is 1.02 bits per heavy atom. The van der Waals surface area contributed by atoms with Crippen LogP contribution < -0.4 is 10.1 Å². The van der Waals surface area contributed by atoms with Crippen LogP contribution in [-0.4, -0.2) is 73.2 Å². The molecule has 7 rings (SSSR count). The second-order valence-corrected chi connectivity index (χ2v) is 11.2. The smallest absolute Gasteiger partial charge is 0.227 e. The van der Waals surface area contributed by atoms with Gasteiger partial charge in [-0.15, -0.1) is 0 Å². The molecule has 1 amide bonds. The Kier molecular flexibility index (Phi) is 7.18. The number of carbonyl (C=O) groups is 1. The van der Waals surface area contributed by atoms with Gasteiger partial charge in [-0.1, -0.05) is 6.42 Å². The number of anilines is 1. The van der Waals surface area contributed by atoms with Crippen molar-refractivity contribution in [3.05, 3.63) is 66.9 Å². The molecule has 3 N–H and O–H groups in total. The molecule has 0 radical (unpaired) electrons. The number of likely N-dealkylation sites (N-methyl/N-ethyl adjacent to an activating group) is 1. The summed E-state index contributed by atoms with van der Waals surface area (Å²) in [6.45, 7) is 1.13. The molecular formula is C32H30FN9O2. The summed E-state index contributed by atoms with van der Waals surface area (Å²) >= 11 is 0. The van der Waals surface area contributed by atoms with Gasteiger partial charge >= 0.3 is 0 Å². The van der Waals surface area contributed by atoms with Crippen LogP contribution in [-0.2, 0) is 4.79 Å². The predicted molar refractivity (Wildman–Crippen MR) is 165 cm³/mol. The van der Waals surface area contributed by atoms with Crippen LogP contribution >= 0.6 is 0 Å². The molecule has 5 heterocycles. The molecule has 1 aliphatic carbocycles. The van der Waals surface area contributed by atoms with Crippen LogP contribution in [0.4, 0.5) is 10.1 Å². The number of rotatable bonds is 9. The summed E-state index contributed by atoms with van der Waals surface area (Å²) in [5.41, 5.74) is 6.29. The number of hydrogen-bond donors (Lipinski definition) is 3. The molecule has 222 valence electrons. The van der Waals surface area contributed by atoms with Gasteiger partial charge in [0.05, 0.1) is 34.3 Å². The molecule has 1 fully saturated rings. The summed E-state index contributed by atoms with van der Waals surface area (Å²) in [6, 6.07) is 12.0. The number of pyridine rings is 3. The van der Waals surface area contributed by atoms with Crippen molar-refractivity contribution in [3.63, 3.8) is 0 Å². The first-order chi connectivity index (χ1) is 21.4. The molecule has 0 atom stereocenters. The van der Waals surface area contributed by atoms with Crippen molar-refractivity contribution in [3.8, 4) is 39.8 Å². The van der Waals surface area contributed by atoms with Crippen molar-refractivity contribution < 1.29 is 13.9 Å². The summed E-state index contributed by atoms with van der Waals surface area (Å²) in [4.78, 5) is 36.4. The number of nitrogens with one attached hydrogen (secondary N) is 3. The van der Waals surface area contributed by atoms with Gasteiger partial charge in [-0.25, -0.2) is 14.4 Å². The zero-order valence-electron chi connectivity index (χ0n) is 24.3. The van der Waals surface area contributed by atoms with Crippen LogP contribution in [0.5, 0.6) is 5.75 Å². The molecule has 1 aliphatic rings. The molecule has 0 saturated heterocycles. The maximum atomic E-state index is 14.6. The molecule has 44 heavy (non-hydrogen) atoms. The number of aromatic nitrogens is 7. The van der Waals surface area contributed by atoms with Crippen LogP contribution in [0.25, 0.3) is 56.1 Å². The fourth-order valence-corrected chi connectivity index (χ4v) is 5.18. The van der Waals surface area contributed by atoms with E-state index in [1.54, 1.807) is 24.7 Å². The van der Waals surface area contributed by atoms with E-state index < -0.39 is 5.82 Å². The SMILES string of the molecule is CN(C)CCOc1cc(F)cc(-c2nccc3[nH]c(-c4n[nH]c5ccc(-c6cncc(NC(=O)C7CCC7)c6)nc45)nc23)c1. The fourth-order valence-electron chi connectivity index (χ4n) is 5.18. The predicted octanol–water partition coefficient (Wildman–Crippen LogP) is 5.44. The van der Waals surface area contributed by atoms with E-state index in [0.29, 0.717) is 64.1 Å². The van der Waals surface area contributed by atoms with Gasteiger partial charge in [0.1, 0.15) is 29.2 Å². The molecule has 11 nitrogen and oxygen atoms in total. The second kappa shape index (κ2) is 11.5. The number of amides is 1. The average Bonchev–Trinajstić information content (AvgIpc) is 3.59. The lowest BCUT2D eigenvalue weighted by Crippen LogP contribution is -2.28. The van der Waals surface area contributed by atoms with Gasteiger partial charge in [0.15, 0.2) is 11.5 Å². The highest BCUT2D eigenvalue weighted by Gasteiger charge is 2.25. The van der Waals surface area contributed by atoms with Crippen molar-refractivity contribution >= 4 is 33.7 Å². The van der Waals surface area contributed by atoms with Gasteiger partial charge in [0.25, 0.3) is 0 Å². The largest absolute Gasteiger partial charge is 0.492 e. The Hall–Kier alpha value is -5.23. The average molecular weight is 592 g/mol. The molecule has 1 aromatic carbocycles. The summed E-state index contributed by atoms with van der Waals surface area (Å²) in [5.74, 6) is 0.593. The summed E-state index contributed by atoms with van der Waals surface area (Å²) in [7, 11) is 3.90. The van der Waals surface area contributed by atoms with Gasteiger partial charge in [-0.05, 0) is 63.3 Å². The molecular weight excluding hydrogens is 561 g/mol. The van der Waals surface area contributed by atoms with Crippen molar-refractivity contribution in [1.29, 1.82) is 0 Å². The molecule has 1 saturated carbocycles. The Morgan fingerprint density at radius 3 is 2.70 bits per heavy atom. The molecule has 6 aromatic rings. The number of H-pyrrole nitrogens is 2. The van der Waals surface area contributed by atoms with E-state index in [9.17, 15) is 9.18 Å². The van der Waals surface area contributed by atoms with Crippen molar-refractivity contribution in [1.82, 2.24) is 40.0 Å². The molecule has 5 aromatic heterocycles. The number of halogens is 1. The molecule has 0 bridgehead atoms. The number of benzene rings is 1. The van der Waals surface area contributed by atoms with Gasteiger partial charge in [-0.3, -0.25) is 19.9 Å². The van der Waals surface area contributed by atoms with E-state index in [0.717, 1.165) is 35.9 Å². The van der Waals surface area contributed by atoms with E-state index in [2.05, 4.69) is 30.5 Å². The first kappa shape index (κ1) is 27.6. The number of ether oxygens (including phenoxy) is 1. The molecule has 0 aliphatic heterocycles. The Labute approximate surface area is 251 Å². The van der Waals surface area contributed by atoms with E-state index in [-0.39, 0.29) is 11.8 Å². The topological polar surface area (TPSA) is 138 Å². The summed E-state index contributed by atoms with van der Waals surface area (Å²) < 4.78 is 20.4. The maximum absolute atomic E-state index is 14.6. The van der Waals surface area contributed by atoms with Crippen LogP contribution in [0.3, 0.4) is 0 Å². The highest BCUT2D eigenvalue weighted by molar-refractivity contribution is 5.96. The first-order valence-electron chi connectivity index (χ1n) is 14.5. The number of hydrogen-bond acceptors (Lipinski definition) is 8. The molecule has 0 unspecified atom stereocenters. The lowest BCUT2D eigenvalue weighted by molar-refractivity contribution is -0.122. The van der Waals surface area contributed by atoms with Gasteiger partial charge < -0.3 is 19.9 Å². The van der Waals surface area contributed by atoms with Gasteiger partial charge in [0, 0.05) is 42.0 Å². The Bertz CT molecular complexity index is 2000. The highest BCUT2D eigenvalue weighted by atomic mass is 19.1. The monoisotopic (exact) mass is 591 g/mol. The van der Waals surface area contributed by atoms with E-state index in [1.165, 1.54) is 12.1 Å². The minimum atomic E-state index is -0.423. The van der Waals surface area contributed by atoms with Crippen LogP contribution in [0.1, 0.15) is 19.3 Å². The highest BCUT2D eigenvalue weighted by Crippen LogP contribution is 2.33. The lowest BCUT2D eigenvalue weighted by Gasteiger charge is -2.24. The second-order valence-electron chi connectivity index (χ2n) is 11.2. The van der Waals surface area contributed by atoms with Crippen molar-refractivity contribution in [2.75, 3.05) is 32.6 Å². The number of imidazole rings is 1. The lowest BCUT2D eigenvalue weighted by atomic mass is 9.85. The fraction of sp³-hybridized carbons (Fsp3) is 0.250. The van der Waals surface area contributed by atoms with E-state index in [1.807, 2.05) is 43.3 Å². The minimum absolute atomic E-state index is 0.0285. The normalized spacial score (nSPS) is 13.5. The van der Waals surface area contributed by atoms with Crippen molar-refractivity contribution in [2.24, 2.45) is 5.92 Å². The third-order valence-electron chi connectivity index (χ3n) is 7.76. The third kappa shape index (κ3) is 5.47. The first-order valence-corrected chi connectivity index (χ1v) is 14.5. The number of carbonyl (C=O) groups excluding carboxylic acids is 1. The Morgan fingerprint density at radius 2 is 1.89 bits per heavy atom. The molecule has 12 heteroatoms. The van der Waals surface area contributed by atoms with Gasteiger partial charge in [-0.2, -0.15) is 5.10 Å². The Balaban J connectivity index is 1.21. The van der Waals surface area contributed by atoms with Crippen LogP contribution in [0.15, 0.2) is 61.1 Å². The van der Waals surface area contributed by atoms with Crippen LogP contribution in [0, 0.1) is 11.7 Å². The van der Waals surface area contributed by atoms with Crippen LogP contribution in [0.2, 0.25) is 0 Å². The third-order valence-corrected chi connectivity index (χ3v) is 7.76. The zero-order valence-corrected chi connectivity index (χ0v) is 24.3. The maximum Gasteiger partial charge on any atom is 0.227 e. The minimum Gasteiger partial charge on any atom is -0.492 e. The molecule has 0 spiro atoms. The quantitative estimate of drug-likeness (QED) is 0.202. The standard InChI is InChI=1S/C32H30FN9O2/c1-42(2)10-11-44-23-14-19(12-21(33)15-23)27-28-25(8-9-35-27)38-31(39-28)30-29-26(40-41-30)7-6-24(37-29)20-13-22(17-34-16-20)36-32(43)18-4-3-5-18/h6-9,12-18H,3-5,10-11H2,1-2H3,(H,36,43)(H,38,39)(H,40,41). The zero-order chi connectivity index (χ0) is 30.2. The van der Waals surface area contributed by atoms with Gasteiger partial charge in [0.2, 0.25) is 5.91 Å². The number of nitrogens with zero attached hydrogens (tertiary/aromatic N) is 6. The number of fused-ring (bicyclic) bond motifs is 2. The van der Waals surface area contributed by atoms with E-state index >= 15 is 0 Å². The van der Waals surface area contributed by atoms with Crippen molar-refractivity contribution in [2.45, 2.75) is 19.3 Å². The summed E-state index contributed by atoms with van der Waals surface area (Å²) in [6.07, 6.45) is 7.94. The summed E-state index contributed by atoms with van der Waals surface area (Å²) in [5, 5.41) is 10.5.